The van der Waals surface area contributed by atoms with E-state index >= 15 is 0 Å². The van der Waals surface area contributed by atoms with E-state index < -0.39 is 9.84 Å². The number of fused-ring (bicyclic) bond motifs is 1. The second-order valence-corrected chi connectivity index (χ2v) is 9.56. The lowest BCUT2D eigenvalue weighted by Gasteiger charge is -2.22. The number of benzene rings is 1. The molecule has 0 unspecified atom stereocenters. The van der Waals surface area contributed by atoms with Crippen LogP contribution in [0.3, 0.4) is 0 Å². The number of amides is 1. The van der Waals surface area contributed by atoms with Gasteiger partial charge in [-0.05, 0) is 12.5 Å². The summed E-state index contributed by atoms with van der Waals surface area (Å²) in [6, 6.07) is 7.69. The van der Waals surface area contributed by atoms with E-state index in [2.05, 4.69) is 11.6 Å². The molecule has 128 valence electrons. The molecule has 0 saturated carbocycles. The fourth-order valence-corrected chi connectivity index (χ4v) is 7.11. The summed E-state index contributed by atoms with van der Waals surface area (Å²) >= 11 is 1.40. The van der Waals surface area contributed by atoms with Gasteiger partial charge in [-0.25, -0.2) is 8.42 Å². The predicted octanol–water partition coefficient (Wildman–Crippen LogP) is 1.82. The highest BCUT2D eigenvalue weighted by Gasteiger charge is 2.48. The maximum atomic E-state index is 12.3. The molecule has 24 heavy (non-hydrogen) atoms. The summed E-state index contributed by atoms with van der Waals surface area (Å²) in [5.41, 5.74) is 2.04. The van der Waals surface area contributed by atoms with Crippen LogP contribution in [0.4, 0.5) is 0 Å². The minimum absolute atomic E-state index is 0.0412. The van der Waals surface area contributed by atoms with Crippen LogP contribution in [0.1, 0.15) is 11.1 Å². The Kier molecular flexibility index (Phi) is 4.83. The number of rotatable bonds is 4. The molecule has 0 aromatic heterocycles. The number of nitrogens with zero attached hydrogens (tertiary/aromatic N) is 2. The Labute approximate surface area is 146 Å². The molecule has 5 nitrogen and oxygen atoms in total. The maximum Gasteiger partial charge on any atom is 0.252 e. The topological polar surface area (TPSA) is 66.8 Å². The highest BCUT2D eigenvalue weighted by atomic mass is 32.2. The fourth-order valence-electron chi connectivity index (χ4n) is 3.13. The van der Waals surface area contributed by atoms with Crippen LogP contribution in [0.5, 0.6) is 0 Å². The molecule has 2 saturated heterocycles. The van der Waals surface area contributed by atoms with Gasteiger partial charge in [0, 0.05) is 11.8 Å². The molecule has 2 heterocycles. The monoisotopic (exact) mass is 364 g/mol. The first-order valence-corrected chi connectivity index (χ1v) is 10.5. The summed E-state index contributed by atoms with van der Waals surface area (Å²) in [4.78, 5) is 18.5. The van der Waals surface area contributed by atoms with E-state index in [1.54, 1.807) is 6.08 Å². The fraction of sp³-hybridized carbons (Fsp3) is 0.412. The van der Waals surface area contributed by atoms with Crippen LogP contribution in [0.15, 0.2) is 41.9 Å². The molecule has 1 aromatic rings. The molecule has 1 amide bonds. The van der Waals surface area contributed by atoms with Crippen molar-refractivity contribution in [3.63, 3.8) is 0 Å². The lowest BCUT2D eigenvalue weighted by molar-refractivity contribution is -0.117. The molecule has 2 aliphatic rings. The van der Waals surface area contributed by atoms with E-state index in [1.165, 1.54) is 11.8 Å². The molecule has 2 aliphatic heterocycles. The van der Waals surface area contributed by atoms with Gasteiger partial charge in [0.05, 0.1) is 24.0 Å². The third-order valence-corrected chi connectivity index (χ3v) is 7.41. The van der Waals surface area contributed by atoms with Crippen molar-refractivity contribution in [3.8, 4) is 0 Å². The number of aliphatic imine (C=N–C) groups is 1. The lowest BCUT2D eigenvalue weighted by atomic mass is 10.1. The van der Waals surface area contributed by atoms with Gasteiger partial charge < -0.3 is 4.90 Å². The van der Waals surface area contributed by atoms with Crippen LogP contribution in [-0.2, 0) is 21.1 Å². The number of hydrogen-bond acceptors (Lipinski definition) is 4. The Morgan fingerprint density at radius 3 is 2.96 bits per heavy atom. The summed E-state index contributed by atoms with van der Waals surface area (Å²) in [6.07, 6.45) is 1.97. The van der Waals surface area contributed by atoms with Crippen molar-refractivity contribution in [3.05, 3.63) is 48.0 Å². The number of carbonyl (C=O) groups excluding carboxylic acids is 1. The minimum atomic E-state index is -3.00. The summed E-state index contributed by atoms with van der Waals surface area (Å²) in [6.45, 7) is 6.21. The number of aryl methyl sites for hydroxylation is 1. The van der Waals surface area contributed by atoms with E-state index in [4.69, 9.17) is 0 Å². The van der Waals surface area contributed by atoms with Gasteiger partial charge >= 0.3 is 0 Å². The average Bonchev–Trinajstić information content (AvgIpc) is 2.92. The lowest BCUT2D eigenvalue weighted by Crippen LogP contribution is -2.37. The zero-order valence-electron chi connectivity index (χ0n) is 13.5. The smallest absolute Gasteiger partial charge is 0.252 e. The Balaban J connectivity index is 1.76. The van der Waals surface area contributed by atoms with Gasteiger partial charge in [-0.3, -0.25) is 4.79 Å². The highest BCUT2D eigenvalue weighted by Crippen LogP contribution is 2.38. The van der Waals surface area contributed by atoms with Crippen LogP contribution in [0, 0.1) is 6.92 Å². The Bertz CT molecular complexity index is 802. The van der Waals surface area contributed by atoms with Crippen molar-refractivity contribution < 1.29 is 13.2 Å². The van der Waals surface area contributed by atoms with Crippen molar-refractivity contribution in [2.75, 3.05) is 18.1 Å². The number of hydrogen-bond donors (Lipinski definition) is 0. The van der Waals surface area contributed by atoms with Gasteiger partial charge in [-0.1, -0.05) is 47.7 Å². The maximum absolute atomic E-state index is 12.3. The van der Waals surface area contributed by atoms with Crippen molar-refractivity contribution in [1.82, 2.24) is 4.90 Å². The van der Waals surface area contributed by atoms with Gasteiger partial charge in [0.15, 0.2) is 15.0 Å². The van der Waals surface area contributed by atoms with E-state index in [0.717, 1.165) is 11.1 Å². The predicted molar refractivity (Wildman–Crippen MR) is 98.0 cm³/mol. The van der Waals surface area contributed by atoms with Crippen LogP contribution in [0.2, 0.25) is 0 Å². The highest BCUT2D eigenvalue weighted by molar-refractivity contribution is 8.15. The van der Waals surface area contributed by atoms with Crippen molar-refractivity contribution in [2.24, 2.45) is 4.99 Å². The van der Waals surface area contributed by atoms with E-state index in [1.807, 2.05) is 36.1 Å². The molecular weight excluding hydrogens is 344 g/mol. The Morgan fingerprint density at radius 2 is 2.25 bits per heavy atom. The molecule has 1 aromatic carbocycles. The summed E-state index contributed by atoms with van der Waals surface area (Å²) in [5.74, 6) is 0.0741. The first kappa shape index (κ1) is 17.2. The van der Waals surface area contributed by atoms with Gasteiger partial charge in [-0.15, -0.1) is 6.58 Å². The molecule has 2 atom stereocenters. The van der Waals surface area contributed by atoms with Gasteiger partial charge in [0.2, 0.25) is 0 Å². The van der Waals surface area contributed by atoms with E-state index in [-0.39, 0.29) is 35.1 Å². The molecule has 3 rings (SSSR count). The first-order chi connectivity index (χ1) is 11.4. The standard InChI is InChI=1S/C17H20N2O3S2/c1-3-7-19-14-10-24(21,22)11-15(14)23-17(19)18-16(20)9-13-6-4-5-12(2)8-13/h3-6,8,14-15H,1,7,9-11H2,2H3/t14-,15-/m1/s1. The first-order valence-electron chi connectivity index (χ1n) is 7.79. The zero-order valence-corrected chi connectivity index (χ0v) is 15.1. The molecule has 7 heteroatoms. The Hall–Kier alpha value is -1.60. The molecular formula is C17H20N2O3S2. The van der Waals surface area contributed by atoms with Crippen LogP contribution < -0.4 is 0 Å². The molecule has 2 fully saturated rings. The Morgan fingerprint density at radius 1 is 1.46 bits per heavy atom. The third kappa shape index (κ3) is 3.72. The number of carbonyl (C=O) groups is 1. The summed E-state index contributed by atoms with van der Waals surface area (Å²) < 4.78 is 23.6. The number of amidine groups is 1. The van der Waals surface area contributed by atoms with Crippen molar-refractivity contribution in [2.45, 2.75) is 24.6 Å². The molecule has 0 radical (unpaired) electrons. The van der Waals surface area contributed by atoms with Gasteiger partial charge in [0.1, 0.15) is 0 Å². The molecule has 0 bridgehead atoms. The van der Waals surface area contributed by atoms with Gasteiger partial charge in [0.25, 0.3) is 5.91 Å². The minimum Gasteiger partial charge on any atom is -0.342 e. The van der Waals surface area contributed by atoms with Crippen LogP contribution in [0.25, 0.3) is 0 Å². The third-order valence-electron chi connectivity index (χ3n) is 4.16. The molecule has 0 aliphatic carbocycles. The summed E-state index contributed by atoms with van der Waals surface area (Å²) in [5, 5.41) is 0.581. The molecule has 0 spiro atoms. The molecule has 0 N–H and O–H groups in total. The quantitative estimate of drug-likeness (QED) is 0.763. The number of sulfone groups is 1. The largest absolute Gasteiger partial charge is 0.342 e. The van der Waals surface area contributed by atoms with Crippen LogP contribution >= 0.6 is 11.8 Å². The second kappa shape index (κ2) is 6.72. The summed E-state index contributed by atoms with van der Waals surface area (Å²) in [7, 11) is -3.00. The SMILES string of the molecule is C=CCN1C(=NC(=O)Cc2cccc(C)c2)S[C@@H]2CS(=O)(=O)C[C@H]21. The van der Waals surface area contributed by atoms with Crippen molar-refractivity contribution in [1.29, 1.82) is 0 Å². The van der Waals surface area contributed by atoms with Gasteiger partial charge in [-0.2, -0.15) is 4.99 Å². The van der Waals surface area contributed by atoms with Crippen LogP contribution in [-0.4, -0.2) is 53.7 Å². The zero-order chi connectivity index (χ0) is 17.3. The normalized spacial score (nSPS) is 26.5. The number of thioether (sulfide) groups is 1. The second-order valence-electron chi connectivity index (χ2n) is 6.20. The van der Waals surface area contributed by atoms with Crippen molar-refractivity contribution >= 4 is 32.7 Å². The van der Waals surface area contributed by atoms with E-state index in [9.17, 15) is 13.2 Å². The van der Waals surface area contributed by atoms with E-state index in [0.29, 0.717) is 11.7 Å². The average molecular weight is 364 g/mol.